The molecule has 140 valence electrons. The van der Waals surface area contributed by atoms with E-state index < -0.39 is 0 Å². The van der Waals surface area contributed by atoms with Gasteiger partial charge in [-0.25, -0.2) is 4.98 Å². The average molecular weight is 436 g/mol. The monoisotopic (exact) mass is 435 g/mol. The average Bonchev–Trinajstić information content (AvgIpc) is 3.05. The number of pyridine rings is 1. The van der Waals surface area contributed by atoms with Crippen molar-refractivity contribution < 1.29 is 9.53 Å². The van der Waals surface area contributed by atoms with Gasteiger partial charge in [-0.3, -0.25) is 9.20 Å². The molecule has 4 aromatic rings. The fourth-order valence-electron chi connectivity index (χ4n) is 3.11. The molecule has 0 saturated carbocycles. The molecule has 1 N–H and O–H groups in total. The SMILES string of the molecule is COc1ccccc1-c1nc2cc(C)ccn2c1NC(=O)c1ccccc1Br. The Kier molecular flexibility index (Phi) is 4.88. The topological polar surface area (TPSA) is 55.6 Å². The molecule has 28 heavy (non-hydrogen) atoms. The lowest BCUT2D eigenvalue weighted by molar-refractivity contribution is 0.102. The van der Waals surface area contributed by atoms with Crippen molar-refractivity contribution in [3.05, 3.63) is 82.5 Å². The zero-order chi connectivity index (χ0) is 19.7. The first-order chi connectivity index (χ1) is 13.6. The van der Waals surface area contributed by atoms with Crippen molar-refractivity contribution in [2.75, 3.05) is 12.4 Å². The molecule has 0 aliphatic carbocycles. The number of carbonyl (C=O) groups is 1. The number of aryl methyl sites for hydroxylation is 1. The fraction of sp³-hybridized carbons (Fsp3) is 0.0909. The number of ether oxygens (including phenoxy) is 1. The number of rotatable bonds is 4. The van der Waals surface area contributed by atoms with Crippen molar-refractivity contribution in [2.24, 2.45) is 0 Å². The maximum atomic E-state index is 13.0. The lowest BCUT2D eigenvalue weighted by atomic mass is 10.1. The highest BCUT2D eigenvalue weighted by Crippen LogP contribution is 2.35. The molecule has 0 fully saturated rings. The van der Waals surface area contributed by atoms with E-state index in [-0.39, 0.29) is 5.91 Å². The van der Waals surface area contributed by atoms with Gasteiger partial charge in [0.25, 0.3) is 5.91 Å². The van der Waals surface area contributed by atoms with Crippen LogP contribution in [0, 0.1) is 6.92 Å². The third-order valence-electron chi connectivity index (χ3n) is 4.49. The molecule has 6 heteroatoms. The van der Waals surface area contributed by atoms with Gasteiger partial charge < -0.3 is 10.1 Å². The summed E-state index contributed by atoms with van der Waals surface area (Å²) in [6, 6.07) is 18.9. The number of aromatic nitrogens is 2. The molecule has 2 aromatic carbocycles. The van der Waals surface area contributed by atoms with E-state index in [4.69, 9.17) is 9.72 Å². The van der Waals surface area contributed by atoms with Gasteiger partial charge in [0.05, 0.1) is 12.7 Å². The first-order valence-corrected chi connectivity index (χ1v) is 9.56. The summed E-state index contributed by atoms with van der Waals surface area (Å²) in [4.78, 5) is 17.7. The van der Waals surface area contributed by atoms with E-state index in [0.29, 0.717) is 22.8 Å². The standard InChI is InChI=1S/C22H18BrN3O2/c1-14-11-12-26-19(13-14)24-20(16-8-4-6-10-18(16)28-2)21(26)25-22(27)15-7-3-5-9-17(15)23/h3-13H,1-2H3,(H,25,27). The third kappa shape index (κ3) is 3.27. The number of imidazole rings is 1. The summed E-state index contributed by atoms with van der Waals surface area (Å²) in [5.41, 5.74) is 3.86. The molecule has 2 aromatic heterocycles. The second kappa shape index (κ2) is 7.48. The summed E-state index contributed by atoms with van der Waals surface area (Å²) in [5.74, 6) is 1.07. The zero-order valence-corrected chi connectivity index (χ0v) is 17.0. The van der Waals surface area contributed by atoms with Gasteiger partial charge in [0.1, 0.15) is 22.9 Å². The number of methoxy groups -OCH3 is 1. The Balaban J connectivity index is 1.89. The molecule has 0 radical (unpaired) electrons. The van der Waals surface area contributed by atoms with Crippen LogP contribution in [0.5, 0.6) is 5.75 Å². The summed E-state index contributed by atoms with van der Waals surface area (Å²) in [6.07, 6.45) is 1.91. The minimum absolute atomic E-state index is 0.217. The number of hydrogen-bond donors (Lipinski definition) is 1. The highest BCUT2D eigenvalue weighted by Gasteiger charge is 2.20. The van der Waals surface area contributed by atoms with Gasteiger partial charge in [-0.2, -0.15) is 0 Å². The molecule has 1 amide bonds. The molecule has 4 rings (SSSR count). The van der Waals surface area contributed by atoms with E-state index in [1.807, 2.05) is 72.1 Å². The maximum Gasteiger partial charge on any atom is 0.257 e. The number of carbonyl (C=O) groups excluding carboxylic acids is 1. The van der Waals surface area contributed by atoms with Gasteiger partial charge in [-0.15, -0.1) is 0 Å². The molecule has 0 atom stereocenters. The van der Waals surface area contributed by atoms with Gasteiger partial charge >= 0.3 is 0 Å². The van der Waals surface area contributed by atoms with Crippen LogP contribution in [-0.4, -0.2) is 22.4 Å². The quantitative estimate of drug-likeness (QED) is 0.470. The predicted octanol–water partition coefficient (Wildman–Crippen LogP) is 5.33. The number of para-hydroxylation sites is 1. The summed E-state index contributed by atoms with van der Waals surface area (Å²) < 4.78 is 8.12. The Bertz CT molecular complexity index is 1180. The minimum atomic E-state index is -0.217. The highest BCUT2D eigenvalue weighted by molar-refractivity contribution is 9.10. The molecular formula is C22H18BrN3O2. The normalized spacial score (nSPS) is 10.8. The van der Waals surface area contributed by atoms with E-state index in [9.17, 15) is 4.79 Å². The van der Waals surface area contributed by atoms with E-state index >= 15 is 0 Å². The lowest BCUT2D eigenvalue weighted by Gasteiger charge is -2.11. The van der Waals surface area contributed by atoms with Gasteiger partial charge in [-0.05, 0) is 64.8 Å². The number of hydrogen-bond acceptors (Lipinski definition) is 3. The number of halogens is 1. The van der Waals surface area contributed by atoms with Crippen LogP contribution in [0.4, 0.5) is 5.82 Å². The van der Waals surface area contributed by atoms with Crippen LogP contribution in [0.25, 0.3) is 16.9 Å². The van der Waals surface area contributed by atoms with Crippen LogP contribution in [0.1, 0.15) is 15.9 Å². The molecule has 0 saturated heterocycles. The Morgan fingerprint density at radius 1 is 1.11 bits per heavy atom. The number of nitrogens with one attached hydrogen (secondary N) is 1. The predicted molar refractivity (Wildman–Crippen MR) is 114 cm³/mol. The van der Waals surface area contributed by atoms with Crippen molar-refractivity contribution in [3.8, 4) is 17.0 Å². The van der Waals surface area contributed by atoms with E-state index in [0.717, 1.165) is 21.2 Å². The largest absolute Gasteiger partial charge is 0.496 e. The highest BCUT2D eigenvalue weighted by atomic mass is 79.9. The van der Waals surface area contributed by atoms with E-state index in [1.54, 1.807) is 13.2 Å². The van der Waals surface area contributed by atoms with Crippen molar-refractivity contribution in [3.63, 3.8) is 0 Å². The van der Waals surface area contributed by atoms with Gasteiger partial charge in [0, 0.05) is 16.2 Å². The number of benzene rings is 2. The molecule has 2 heterocycles. The maximum absolute atomic E-state index is 13.0. The van der Waals surface area contributed by atoms with Gasteiger partial charge in [0.15, 0.2) is 0 Å². The zero-order valence-electron chi connectivity index (χ0n) is 15.4. The Hall–Kier alpha value is -3.12. The first-order valence-electron chi connectivity index (χ1n) is 8.76. The van der Waals surface area contributed by atoms with Crippen molar-refractivity contribution in [1.82, 2.24) is 9.38 Å². The van der Waals surface area contributed by atoms with Crippen LogP contribution in [0.2, 0.25) is 0 Å². The summed E-state index contributed by atoms with van der Waals surface area (Å²) in [6.45, 7) is 2.01. The molecule has 0 unspecified atom stereocenters. The number of anilines is 1. The smallest absolute Gasteiger partial charge is 0.257 e. The second-order valence-corrected chi connectivity index (χ2v) is 7.23. The molecule has 0 bridgehead atoms. The van der Waals surface area contributed by atoms with Gasteiger partial charge in [0.2, 0.25) is 0 Å². The Labute approximate surface area is 171 Å². The number of amides is 1. The summed E-state index contributed by atoms with van der Waals surface area (Å²) in [7, 11) is 1.62. The molecule has 0 aliphatic heterocycles. The minimum Gasteiger partial charge on any atom is -0.496 e. The second-order valence-electron chi connectivity index (χ2n) is 6.38. The Morgan fingerprint density at radius 3 is 2.64 bits per heavy atom. The lowest BCUT2D eigenvalue weighted by Crippen LogP contribution is -2.14. The van der Waals surface area contributed by atoms with Crippen LogP contribution < -0.4 is 10.1 Å². The van der Waals surface area contributed by atoms with Crippen molar-refractivity contribution in [2.45, 2.75) is 6.92 Å². The van der Waals surface area contributed by atoms with E-state index in [2.05, 4.69) is 21.2 Å². The molecule has 0 aliphatic rings. The van der Waals surface area contributed by atoms with Crippen molar-refractivity contribution >= 4 is 33.3 Å². The van der Waals surface area contributed by atoms with Crippen LogP contribution in [0.15, 0.2) is 71.3 Å². The van der Waals surface area contributed by atoms with Crippen molar-refractivity contribution in [1.29, 1.82) is 0 Å². The number of fused-ring (bicyclic) bond motifs is 1. The summed E-state index contributed by atoms with van der Waals surface area (Å²) in [5, 5.41) is 3.04. The summed E-state index contributed by atoms with van der Waals surface area (Å²) >= 11 is 3.44. The molecule has 5 nitrogen and oxygen atoms in total. The molecular weight excluding hydrogens is 418 g/mol. The Morgan fingerprint density at radius 2 is 1.86 bits per heavy atom. The number of nitrogens with zero attached hydrogens (tertiary/aromatic N) is 2. The third-order valence-corrected chi connectivity index (χ3v) is 5.19. The van der Waals surface area contributed by atoms with E-state index in [1.165, 1.54) is 0 Å². The molecule has 0 spiro atoms. The first kappa shape index (κ1) is 18.3. The van der Waals surface area contributed by atoms with Crippen LogP contribution in [0.3, 0.4) is 0 Å². The van der Waals surface area contributed by atoms with Crippen LogP contribution in [-0.2, 0) is 0 Å². The van der Waals surface area contributed by atoms with Crippen LogP contribution >= 0.6 is 15.9 Å². The fourth-order valence-corrected chi connectivity index (χ4v) is 3.58. The van der Waals surface area contributed by atoms with Gasteiger partial charge in [-0.1, -0.05) is 24.3 Å².